The van der Waals surface area contributed by atoms with Crippen LogP contribution in [-0.4, -0.2) is 9.13 Å². The molecule has 352 valence electrons. The molecule has 0 atom stereocenters. The van der Waals surface area contributed by atoms with E-state index in [-0.39, 0.29) is 0 Å². The normalized spacial score (nSPS) is 11.5. The Balaban J connectivity index is 0.858. The molecule has 0 radical (unpaired) electrons. The van der Waals surface area contributed by atoms with E-state index in [0.29, 0.717) is 0 Å². The van der Waals surface area contributed by atoms with E-state index in [9.17, 15) is 0 Å². The SMILES string of the molecule is c1ccc(-c2ccccc2-c2ccccc2-c2ccccc2-c2ccc(N(c3ccc(-c4ccc5c(c4)c4ccccc4n5-c4ccccc4)cc3)c3ccc(-n4c5ccccc5c5ccccc54)cc3)cc2)cc1. The standard InChI is InChI=1S/C72H49N3/c1-3-19-51(20-4-1)59-23-7-9-25-61(59)63-27-11-12-28-64(63)62-26-10-8-24-60(62)52-37-42-56(43-38-52)73(57-44-46-58(47-45-57)75-69-32-16-13-29-65(69)66-30-14-17-33-70(66)75)55-40-35-50(36-41-55)53-39-48-72-68(49-53)67-31-15-18-34-71(67)74(72)54-21-5-2-6-22-54/h1-49H. The van der Waals surface area contributed by atoms with Gasteiger partial charge in [-0.3, -0.25) is 0 Å². The highest BCUT2D eigenvalue weighted by atomic mass is 15.1. The first kappa shape index (κ1) is 43.8. The van der Waals surface area contributed by atoms with E-state index in [1.54, 1.807) is 0 Å². The summed E-state index contributed by atoms with van der Waals surface area (Å²) in [5.41, 5.74) is 22.2. The van der Waals surface area contributed by atoms with Crippen LogP contribution in [0.25, 0.3) is 111 Å². The van der Waals surface area contributed by atoms with Crippen LogP contribution in [0.2, 0.25) is 0 Å². The molecule has 0 N–H and O–H groups in total. The van der Waals surface area contributed by atoms with Gasteiger partial charge in [0.1, 0.15) is 0 Å². The first-order valence-electron chi connectivity index (χ1n) is 25.8. The zero-order valence-corrected chi connectivity index (χ0v) is 41.1. The number of nitrogens with zero attached hydrogens (tertiary/aromatic N) is 3. The van der Waals surface area contributed by atoms with E-state index < -0.39 is 0 Å². The molecule has 0 spiro atoms. The Morgan fingerprint density at radius 1 is 0.200 bits per heavy atom. The van der Waals surface area contributed by atoms with Crippen LogP contribution in [0.3, 0.4) is 0 Å². The Kier molecular flexibility index (Phi) is 10.8. The molecular formula is C72H49N3. The van der Waals surface area contributed by atoms with Gasteiger partial charge in [-0.25, -0.2) is 0 Å². The van der Waals surface area contributed by atoms with Gasteiger partial charge in [0.05, 0.1) is 22.1 Å². The van der Waals surface area contributed by atoms with Crippen molar-refractivity contribution in [3.63, 3.8) is 0 Å². The second kappa shape index (κ2) is 18.6. The van der Waals surface area contributed by atoms with Crippen molar-refractivity contribution >= 4 is 60.7 Å². The van der Waals surface area contributed by atoms with Gasteiger partial charge in [0.25, 0.3) is 0 Å². The summed E-state index contributed by atoms with van der Waals surface area (Å²) in [6.07, 6.45) is 0. The molecule has 3 heteroatoms. The van der Waals surface area contributed by atoms with Crippen molar-refractivity contribution in [2.75, 3.05) is 4.90 Å². The zero-order valence-electron chi connectivity index (χ0n) is 41.1. The van der Waals surface area contributed by atoms with Crippen LogP contribution in [0.4, 0.5) is 17.1 Å². The average Bonchev–Trinajstić information content (AvgIpc) is 4.01. The first-order valence-corrected chi connectivity index (χ1v) is 25.8. The summed E-state index contributed by atoms with van der Waals surface area (Å²) in [5.74, 6) is 0. The third-order valence-electron chi connectivity index (χ3n) is 15.0. The summed E-state index contributed by atoms with van der Waals surface area (Å²) in [5, 5.41) is 4.99. The number of hydrogen-bond acceptors (Lipinski definition) is 1. The molecule has 75 heavy (non-hydrogen) atoms. The summed E-state index contributed by atoms with van der Waals surface area (Å²) in [7, 11) is 0. The largest absolute Gasteiger partial charge is 0.311 e. The third-order valence-corrected chi connectivity index (χ3v) is 15.0. The fourth-order valence-corrected chi connectivity index (χ4v) is 11.5. The molecule has 0 aliphatic heterocycles. The maximum absolute atomic E-state index is 2.38. The fraction of sp³-hybridized carbons (Fsp3) is 0. The fourth-order valence-electron chi connectivity index (χ4n) is 11.5. The lowest BCUT2D eigenvalue weighted by molar-refractivity contribution is 1.17. The highest BCUT2D eigenvalue weighted by Gasteiger charge is 2.19. The Hall–Kier alpha value is -9.96. The lowest BCUT2D eigenvalue weighted by Crippen LogP contribution is -2.10. The monoisotopic (exact) mass is 955 g/mol. The molecule has 0 saturated heterocycles. The molecule has 14 aromatic rings. The minimum absolute atomic E-state index is 1.07. The van der Waals surface area contributed by atoms with Gasteiger partial charge in [0.15, 0.2) is 0 Å². The van der Waals surface area contributed by atoms with Crippen molar-refractivity contribution in [3.8, 4) is 67.0 Å². The van der Waals surface area contributed by atoms with E-state index >= 15 is 0 Å². The average molecular weight is 956 g/mol. The predicted molar refractivity (Wildman–Crippen MR) is 317 cm³/mol. The van der Waals surface area contributed by atoms with Gasteiger partial charge in [0, 0.05) is 50.0 Å². The van der Waals surface area contributed by atoms with E-state index in [1.165, 1.54) is 88.1 Å². The molecule has 0 aliphatic rings. The summed E-state index contributed by atoms with van der Waals surface area (Å²) in [4.78, 5) is 2.38. The summed E-state index contributed by atoms with van der Waals surface area (Å²) >= 11 is 0. The molecule has 2 aromatic heterocycles. The van der Waals surface area contributed by atoms with Crippen LogP contribution in [0.15, 0.2) is 297 Å². The molecule has 2 heterocycles. The Labute approximate surface area is 436 Å². The Morgan fingerprint density at radius 2 is 0.520 bits per heavy atom. The Morgan fingerprint density at radius 3 is 1.01 bits per heavy atom. The maximum Gasteiger partial charge on any atom is 0.0541 e. The number of anilines is 3. The van der Waals surface area contributed by atoms with Crippen molar-refractivity contribution in [2.45, 2.75) is 0 Å². The summed E-state index contributed by atoms with van der Waals surface area (Å²) in [6, 6.07) is 108. The quantitative estimate of drug-likeness (QED) is 0.133. The van der Waals surface area contributed by atoms with Crippen LogP contribution in [-0.2, 0) is 0 Å². The van der Waals surface area contributed by atoms with E-state index in [4.69, 9.17) is 0 Å². The summed E-state index contributed by atoms with van der Waals surface area (Å²) < 4.78 is 4.75. The maximum atomic E-state index is 2.38. The second-order valence-electron chi connectivity index (χ2n) is 19.2. The van der Waals surface area contributed by atoms with Crippen molar-refractivity contribution in [3.05, 3.63) is 297 Å². The van der Waals surface area contributed by atoms with Gasteiger partial charge >= 0.3 is 0 Å². The molecule has 0 bridgehead atoms. The molecule has 0 aliphatic carbocycles. The van der Waals surface area contributed by atoms with Crippen LogP contribution in [0.1, 0.15) is 0 Å². The van der Waals surface area contributed by atoms with Gasteiger partial charge in [-0.05, 0) is 147 Å². The first-order chi connectivity index (χ1) is 37.2. The van der Waals surface area contributed by atoms with Gasteiger partial charge in [-0.1, -0.05) is 206 Å². The molecule has 0 amide bonds. The molecule has 0 saturated carbocycles. The second-order valence-corrected chi connectivity index (χ2v) is 19.2. The number of fused-ring (bicyclic) bond motifs is 6. The van der Waals surface area contributed by atoms with E-state index in [1.807, 2.05) is 0 Å². The molecule has 14 rings (SSSR count). The van der Waals surface area contributed by atoms with Gasteiger partial charge in [-0.15, -0.1) is 0 Å². The van der Waals surface area contributed by atoms with Crippen LogP contribution in [0, 0.1) is 0 Å². The van der Waals surface area contributed by atoms with Crippen molar-refractivity contribution in [2.24, 2.45) is 0 Å². The molecular weight excluding hydrogens is 907 g/mol. The van der Waals surface area contributed by atoms with Crippen molar-refractivity contribution in [1.29, 1.82) is 0 Å². The van der Waals surface area contributed by atoms with Gasteiger partial charge in [0.2, 0.25) is 0 Å². The van der Waals surface area contributed by atoms with Crippen LogP contribution in [0.5, 0.6) is 0 Å². The highest BCUT2D eigenvalue weighted by Crippen LogP contribution is 2.44. The zero-order chi connectivity index (χ0) is 49.7. The third kappa shape index (κ3) is 7.69. The van der Waals surface area contributed by atoms with E-state index in [2.05, 4.69) is 311 Å². The lowest BCUT2D eigenvalue weighted by Gasteiger charge is -2.26. The topological polar surface area (TPSA) is 13.1 Å². The minimum atomic E-state index is 1.07. The number of hydrogen-bond donors (Lipinski definition) is 0. The smallest absolute Gasteiger partial charge is 0.0541 e. The molecule has 12 aromatic carbocycles. The molecule has 0 unspecified atom stereocenters. The van der Waals surface area contributed by atoms with Crippen LogP contribution < -0.4 is 4.90 Å². The van der Waals surface area contributed by atoms with Gasteiger partial charge in [-0.2, -0.15) is 0 Å². The van der Waals surface area contributed by atoms with E-state index in [0.717, 1.165) is 39.6 Å². The number of aromatic nitrogens is 2. The lowest BCUT2D eigenvalue weighted by atomic mass is 9.87. The molecule has 0 fully saturated rings. The molecule has 3 nitrogen and oxygen atoms in total. The number of benzene rings is 12. The van der Waals surface area contributed by atoms with Crippen molar-refractivity contribution in [1.82, 2.24) is 9.13 Å². The predicted octanol–water partition coefficient (Wildman–Crippen LogP) is 19.7. The van der Waals surface area contributed by atoms with Crippen molar-refractivity contribution < 1.29 is 0 Å². The van der Waals surface area contributed by atoms with Gasteiger partial charge < -0.3 is 14.0 Å². The summed E-state index contributed by atoms with van der Waals surface area (Å²) in [6.45, 7) is 0. The Bertz CT molecular complexity index is 4320. The highest BCUT2D eigenvalue weighted by molar-refractivity contribution is 6.11. The number of para-hydroxylation sites is 4. The number of rotatable bonds is 10. The minimum Gasteiger partial charge on any atom is -0.311 e. The van der Waals surface area contributed by atoms with Crippen LogP contribution >= 0.6 is 0 Å².